The standard InChI is InChI=1S/C19H14BrClF3N3O2S/c1-27-17(29)15(30-18(27)25-12-5-3-11(20)4-6-12)9-16(28)26-14-8-10(19(22,23)24)2-7-13(14)21/h2-8,15H,9H2,1H3,(H,26,28)/t15-/m0/s1. The van der Waals surface area contributed by atoms with E-state index in [2.05, 4.69) is 26.2 Å². The van der Waals surface area contributed by atoms with E-state index in [0.717, 1.165) is 34.4 Å². The minimum atomic E-state index is -4.57. The molecule has 30 heavy (non-hydrogen) atoms. The normalized spacial score (nSPS) is 18.2. The van der Waals surface area contributed by atoms with Crippen LogP contribution in [0.4, 0.5) is 24.5 Å². The van der Waals surface area contributed by atoms with Crippen LogP contribution in [0.15, 0.2) is 51.9 Å². The maximum absolute atomic E-state index is 12.9. The number of amidine groups is 1. The molecular formula is C19H14BrClF3N3O2S. The van der Waals surface area contributed by atoms with Crippen LogP contribution < -0.4 is 5.32 Å². The average Bonchev–Trinajstić information content (AvgIpc) is 2.92. The highest BCUT2D eigenvalue weighted by Gasteiger charge is 2.37. The highest BCUT2D eigenvalue weighted by molar-refractivity contribution is 9.10. The van der Waals surface area contributed by atoms with Gasteiger partial charge in [-0.25, -0.2) is 4.99 Å². The van der Waals surface area contributed by atoms with Crippen LogP contribution in [0.1, 0.15) is 12.0 Å². The summed E-state index contributed by atoms with van der Waals surface area (Å²) in [4.78, 5) is 30.6. The number of aliphatic imine (C=N–C) groups is 1. The highest BCUT2D eigenvalue weighted by Crippen LogP contribution is 2.35. The van der Waals surface area contributed by atoms with Gasteiger partial charge in [0.25, 0.3) is 0 Å². The Balaban J connectivity index is 1.70. The van der Waals surface area contributed by atoms with Crippen molar-refractivity contribution < 1.29 is 22.8 Å². The molecule has 2 aromatic rings. The fraction of sp³-hybridized carbons (Fsp3) is 0.211. The molecule has 158 valence electrons. The molecule has 5 nitrogen and oxygen atoms in total. The zero-order chi connectivity index (χ0) is 22.1. The maximum atomic E-state index is 12.9. The second-order valence-corrected chi connectivity index (χ2v) is 8.81. The Hall–Kier alpha value is -2.04. The second-order valence-electron chi connectivity index (χ2n) is 6.32. The van der Waals surface area contributed by atoms with Gasteiger partial charge in [0.2, 0.25) is 11.8 Å². The Morgan fingerprint density at radius 2 is 1.93 bits per heavy atom. The molecule has 0 aliphatic carbocycles. The number of anilines is 1. The van der Waals surface area contributed by atoms with E-state index >= 15 is 0 Å². The van der Waals surface area contributed by atoms with Gasteiger partial charge in [-0.2, -0.15) is 13.2 Å². The van der Waals surface area contributed by atoms with Gasteiger partial charge in [-0.05, 0) is 42.5 Å². The van der Waals surface area contributed by atoms with Crippen molar-refractivity contribution in [1.29, 1.82) is 0 Å². The third kappa shape index (κ3) is 5.35. The van der Waals surface area contributed by atoms with Crippen molar-refractivity contribution in [2.75, 3.05) is 12.4 Å². The number of benzene rings is 2. The monoisotopic (exact) mass is 519 g/mol. The Morgan fingerprint density at radius 3 is 2.57 bits per heavy atom. The van der Waals surface area contributed by atoms with Crippen LogP contribution >= 0.6 is 39.3 Å². The Morgan fingerprint density at radius 1 is 1.27 bits per heavy atom. The smallest absolute Gasteiger partial charge is 0.325 e. The molecule has 0 radical (unpaired) electrons. The van der Waals surface area contributed by atoms with Crippen molar-refractivity contribution in [3.8, 4) is 0 Å². The van der Waals surface area contributed by atoms with Gasteiger partial charge in [0.15, 0.2) is 5.17 Å². The summed E-state index contributed by atoms with van der Waals surface area (Å²) in [7, 11) is 1.55. The van der Waals surface area contributed by atoms with Gasteiger partial charge in [0.1, 0.15) is 5.25 Å². The first-order chi connectivity index (χ1) is 14.0. The number of hydrogen-bond donors (Lipinski definition) is 1. The number of alkyl halides is 3. The number of halogens is 5. The zero-order valence-electron chi connectivity index (χ0n) is 15.3. The topological polar surface area (TPSA) is 61.8 Å². The first kappa shape index (κ1) is 22.6. The molecule has 2 amide bonds. The van der Waals surface area contributed by atoms with Gasteiger partial charge in [-0.15, -0.1) is 0 Å². The predicted octanol–water partition coefficient (Wildman–Crippen LogP) is 5.71. The number of carbonyl (C=O) groups excluding carboxylic acids is 2. The zero-order valence-corrected chi connectivity index (χ0v) is 18.5. The molecule has 0 spiro atoms. The summed E-state index contributed by atoms with van der Waals surface area (Å²) in [6.07, 6.45) is -4.80. The maximum Gasteiger partial charge on any atom is 0.416 e. The lowest BCUT2D eigenvalue weighted by molar-refractivity contribution is -0.137. The summed E-state index contributed by atoms with van der Waals surface area (Å²) in [5.74, 6) is -0.943. The van der Waals surface area contributed by atoms with Crippen molar-refractivity contribution in [3.05, 3.63) is 57.5 Å². The van der Waals surface area contributed by atoms with Crippen molar-refractivity contribution in [2.45, 2.75) is 17.8 Å². The first-order valence-corrected chi connectivity index (χ1v) is 10.5. The van der Waals surface area contributed by atoms with E-state index in [4.69, 9.17) is 11.6 Å². The van der Waals surface area contributed by atoms with Crippen LogP contribution in [0.3, 0.4) is 0 Å². The number of nitrogens with zero attached hydrogens (tertiary/aromatic N) is 2. The van der Waals surface area contributed by atoms with Crippen molar-refractivity contribution >= 4 is 67.6 Å². The summed E-state index contributed by atoms with van der Waals surface area (Å²) in [5.41, 5.74) is -0.456. The van der Waals surface area contributed by atoms with E-state index in [9.17, 15) is 22.8 Å². The van der Waals surface area contributed by atoms with Crippen LogP contribution in [-0.4, -0.2) is 34.2 Å². The number of rotatable bonds is 4. The van der Waals surface area contributed by atoms with Crippen molar-refractivity contribution in [3.63, 3.8) is 0 Å². The number of hydrogen-bond acceptors (Lipinski definition) is 4. The van der Waals surface area contributed by atoms with Crippen LogP contribution in [0.2, 0.25) is 5.02 Å². The summed E-state index contributed by atoms with van der Waals surface area (Å²) in [5, 5.41) is 2.01. The SMILES string of the molecule is CN1C(=O)[C@H](CC(=O)Nc2cc(C(F)(F)F)ccc2Cl)SC1=Nc1ccc(Br)cc1. The quantitative estimate of drug-likeness (QED) is 0.562. The van der Waals surface area contributed by atoms with E-state index in [-0.39, 0.29) is 23.0 Å². The number of amides is 2. The predicted molar refractivity (Wildman–Crippen MR) is 115 cm³/mol. The van der Waals surface area contributed by atoms with Gasteiger partial charge >= 0.3 is 6.18 Å². The lowest BCUT2D eigenvalue weighted by Crippen LogP contribution is -2.30. The first-order valence-electron chi connectivity index (χ1n) is 8.49. The van der Waals surface area contributed by atoms with Crippen LogP contribution in [0.25, 0.3) is 0 Å². The Bertz CT molecular complexity index is 1020. The van der Waals surface area contributed by atoms with Gasteiger partial charge in [0.05, 0.1) is 22.0 Å². The van der Waals surface area contributed by atoms with E-state index < -0.39 is 22.9 Å². The second kappa shape index (κ2) is 8.99. The number of carbonyl (C=O) groups is 2. The molecule has 1 fully saturated rings. The number of nitrogens with one attached hydrogen (secondary N) is 1. The largest absolute Gasteiger partial charge is 0.416 e. The molecule has 11 heteroatoms. The summed E-state index contributed by atoms with van der Waals surface area (Å²) in [6, 6.07) is 9.81. The molecule has 1 atom stereocenters. The lowest BCUT2D eigenvalue weighted by atomic mass is 10.2. The van der Waals surface area contributed by atoms with Gasteiger partial charge in [0, 0.05) is 17.9 Å². The van der Waals surface area contributed by atoms with E-state index in [0.29, 0.717) is 10.9 Å². The average molecular weight is 521 g/mol. The molecule has 0 aromatic heterocycles. The fourth-order valence-corrected chi connectivity index (χ4v) is 4.17. The molecule has 0 unspecified atom stereocenters. The Kier molecular flexibility index (Phi) is 6.78. The Labute approximate surface area is 187 Å². The molecule has 1 aliphatic rings. The summed E-state index contributed by atoms with van der Waals surface area (Å²) >= 11 is 10.3. The minimum Gasteiger partial charge on any atom is -0.325 e. The van der Waals surface area contributed by atoms with Crippen LogP contribution in [0.5, 0.6) is 0 Å². The molecule has 3 rings (SSSR count). The molecule has 1 heterocycles. The van der Waals surface area contributed by atoms with Gasteiger partial charge in [-0.3, -0.25) is 14.5 Å². The van der Waals surface area contributed by atoms with Crippen molar-refractivity contribution in [2.24, 2.45) is 4.99 Å². The molecular weight excluding hydrogens is 507 g/mol. The fourth-order valence-electron chi connectivity index (χ4n) is 2.59. The molecule has 1 aliphatic heterocycles. The molecule has 2 aromatic carbocycles. The summed E-state index contributed by atoms with van der Waals surface area (Å²) in [6.45, 7) is 0. The number of thioether (sulfide) groups is 1. The molecule has 0 saturated carbocycles. The van der Waals surface area contributed by atoms with E-state index in [1.807, 2.05) is 12.1 Å². The molecule has 0 bridgehead atoms. The van der Waals surface area contributed by atoms with E-state index in [1.165, 1.54) is 4.90 Å². The van der Waals surface area contributed by atoms with Gasteiger partial charge in [-0.1, -0.05) is 39.3 Å². The van der Waals surface area contributed by atoms with Crippen LogP contribution in [-0.2, 0) is 15.8 Å². The minimum absolute atomic E-state index is 0.0311. The summed E-state index contributed by atoms with van der Waals surface area (Å²) < 4.78 is 39.5. The van der Waals surface area contributed by atoms with E-state index in [1.54, 1.807) is 19.2 Å². The molecule has 1 N–H and O–H groups in total. The van der Waals surface area contributed by atoms with Crippen LogP contribution in [0, 0.1) is 0 Å². The van der Waals surface area contributed by atoms with Crippen molar-refractivity contribution in [1.82, 2.24) is 4.90 Å². The van der Waals surface area contributed by atoms with Gasteiger partial charge < -0.3 is 5.32 Å². The highest BCUT2D eigenvalue weighted by atomic mass is 79.9. The third-order valence-electron chi connectivity index (χ3n) is 4.13. The lowest BCUT2D eigenvalue weighted by Gasteiger charge is -2.12. The third-order valence-corrected chi connectivity index (χ3v) is 6.22. The molecule has 1 saturated heterocycles.